The lowest BCUT2D eigenvalue weighted by molar-refractivity contribution is -0.164. The molecule has 1 unspecified atom stereocenters. The van der Waals surface area contributed by atoms with Crippen molar-refractivity contribution >= 4 is 23.9 Å². The van der Waals surface area contributed by atoms with Gasteiger partial charge in [0.2, 0.25) is 0 Å². The van der Waals surface area contributed by atoms with Gasteiger partial charge in [0.1, 0.15) is 17.2 Å². The van der Waals surface area contributed by atoms with Gasteiger partial charge < -0.3 is 9.47 Å². The number of nitrogens with zero attached hydrogens (tertiary/aromatic N) is 2. The molecular formula is C24H34N2O7. The Kier molecular flexibility index (Phi) is 7.90. The Balaban J connectivity index is 2.20. The normalized spacial score (nSPS) is 14.9. The summed E-state index contributed by atoms with van der Waals surface area (Å²) >= 11 is 0. The lowest BCUT2D eigenvalue weighted by Crippen LogP contribution is -2.53. The third-order valence-electron chi connectivity index (χ3n) is 4.55. The van der Waals surface area contributed by atoms with Crippen molar-refractivity contribution in [2.24, 2.45) is 5.92 Å². The van der Waals surface area contributed by atoms with Crippen molar-refractivity contribution < 1.29 is 33.5 Å². The van der Waals surface area contributed by atoms with Crippen molar-refractivity contribution in [1.29, 1.82) is 0 Å². The summed E-state index contributed by atoms with van der Waals surface area (Å²) in [5.74, 6) is -2.03. The van der Waals surface area contributed by atoms with Crippen LogP contribution in [0.25, 0.3) is 0 Å². The van der Waals surface area contributed by atoms with Crippen LogP contribution in [0.3, 0.4) is 0 Å². The van der Waals surface area contributed by atoms with Gasteiger partial charge in [0, 0.05) is 0 Å². The molecule has 3 amide bonds. The number of esters is 1. The standard InChI is InChI=1S/C24H34N2O7/c1-15(2)18(21(29)32-23(3,4)5)25(22(30)33-24(6,7)8)13-14-31-26-19(27)16-11-9-10-12-17(16)20(26)28/h9-12,15,18H,13-14H2,1-8H3. The Morgan fingerprint density at radius 2 is 1.39 bits per heavy atom. The zero-order valence-corrected chi connectivity index (χ0v) is 20.6. The molecule has 1 aliphatic rings. The van der Waals surface area contributed by atoms with Crippen molar-refractivity contribution in [2.45, 2.75) is 72.6 Å². The smallest absolute Gasteiger partial charge is 0.411 e. The van der Waals surface area contributed by atoms with Crippen LogP contribution in [-0.2, 0) is 19.1 Å². The molecule has 1 aromatic rings. The minimum absolute atomic E-state index is 0.107. The van der Waals surface area contributed by atoms with Crippen LogP contribution >= 0.6 is 0 Å². The molecule has 1 atom stereocenters. The van der Waals surface area contributed by atoms with E-state index in [0.717, 1.165) is 0 Å². The summed E-state index contributed by atoms with van der Waals surface area (Å²) < 4.78 is 11.0. The van der Waals surface area contributed by atoms with Crippen LogP contribution in [0.4, 0.5) is 4.79 Å². The SMILES string of the molecule is CC(C)C(C(=O)OC(C)(C)C)N(CCON1C(=O)c2ccccc2C1=O)C(=O)OC(C)(C)C. The van der Waals surface area contributed by atoms with Crippen LogP contribution in [-0.4, -0.2) is 64.2 Å². The van der Waals surface area contributed by atoms with E-state index in [1.807, 2.05) is 0 Å². The van der Waals surface area contributed by atoms with Crippen molar-refractivity contribution in [1.82, 2.24) is 9.96 Å². The molecule has 1 aliphatic heterocycles. The third kappa shape index (κ3) is 6.77. The van der Waals surface area contributed by atoms with Gasteiger partial charge in [-0.25, -0.2) is 9.59 Å². The minimum atomic E-state index is -0.954. The zero-order valence-electron chi connectivity index (χ0n) is 20.6. The largest absolute Gasteiger partial charge is 0.458 e. The Morgan fingerprint density at radius 3 is 1.82 bits per heavy atom. The molecule has 0 fully saturated rings. The Hall–Kier alpha value is -2.94. The predicted octanol–water partition coefficient (Wildman–Crippen LogP) is 3.82. The molecule has 0 saturated carbocycles. The first-order chi connectivity index (χ1) is 15.1. The fourth-order valence-electron chi connectivity index (χ4n) is 3.30. The van der Waals surface area contributed by atoms with Crippen molar-refractivity contribution in [3.05, 3.63) is 35.4 Å². The predicted molar refractivity (Wildman–Crippen MR) is 120 cm³/mol. The lowest BCUT2D eigenvalue weighted by atomic mass is 10.0. The molecule has 0 bridgehead atoms. The number of fused-ring (bicyclic) bond motifs is 1. The number of ether oxygens (including phenoxy) is 2. The Bertz CT molecular complexity index is 877. The number of carbonyl (C=O) groups excluding carboxylic acids is 4. The molecule has 1 heterocycles. The number of hydrogen-bond donors (Lipinski definition) is 0. The maximum Gasteiger partial charge on any atom is 0.411 e. The summed E-state index contributed by atoms with van der Waals surface area (Å²) in [7, 11) is 0. The van der Waals surface area contributed by atoms with Crippen LogP contribution < -0.4 is 0 Å². The molecule has 9 heteroatoms. The highest BCUT2D eigenvalue weighted by Gasteiger charge is 2.39. The lowest BCUT2D eigenvalue weighted by Gasteiger charge is -2.35. The summed E-state index contributed by atoms with van der Waals surface area (Å²) in [6.45, 7) is 13.6. The topological polar surface area (TPSA) is 102 Å². The van der Waals surface area contributed by atoms with Gasteiger partial charge in [-0.3, -0.25) is 19.3 Å². The molecule has 0 radical (unpaired) electrons. The van der Waals surface area contributed by atoms with Crippen molar-refractivity contribution in [3.63, 3.8) is 0 Å². The summed E-state index contributed by atoms with van der Waals surface area (Å²) in [6, 6.07) is 5.45. The molecular weight excluding hydrogens is 428 g/mol. The van der Waals surface area contributed by atoms with Crippen LogP contribution in [0.1, 0.15) is 76.1 Å². The van der Waals surface area contributed by atoms with Gasteiger partial charge in [-0.05, 0) is 59.6 Å². The molecule has 0 spiro atoms. The van der Waals surface area contributed by atoms with Crippen LogP contribution in [0.2, 0.25) is 0 Å². The highest BCUT2D eigenvalue weighted by atomic mass is 16.7. The molecule has 0 aliphatic carbocycles. The maximum atomic E-state index is 13.0. The number of hydrogen-bond acceptors (Lipinski definition) is 7. The van der Waals surface area contributed by atoms with E-state index in [0.29, 0.717) is 5.06 Å². The second-order valence-electron chi connectivity index (χ2n) is 10.2. The zero-order chi connectivity index (χ0) is 25.1. The van der Waals surface area contributed by atoms with Crippen LogP contribution in [0, 0.1) is 5.92 Å². The summed E-state index contributed by atoms with van der Waals surface area (Å²) in [6.07, 6.45) is -0.724. The Labute approximate surface area is 194 Å². The summed E-state index contributed by atoms with van der Waals surface area (Å²) in [5, 5.41) is 0.676. The van der Waals surface area contributed by atoms with E-state index in [1.54, 1.807) is 79.7 Å². The number of hydroxylamine groups is 2. The Morgan fingerprint density at radius 1 is 0.909 bits per heavy atom. The minimum Gasteiger partial charge on any atom is -0.458 e. The summed E-state index contributed by atoms with van der Waals surface area (Å²) in [4.78, 5) is 57.7. The van der Waals surface area contributed by atoms with E-state index in [4.69, 9.17) is 14.3 Å². The van der Waals surface area contributed by atoms with Gasteiger partial charge in [0.15, 0.2) is 0 Å². The van der Waals surface area contributed by atoms with E-state index >= 15 is 0 Å². The van der Waals surface area contributed by atoms with E-state index in [1.165, 1.54) is 4.90 Å². The number of rotatable bonds is 7. The second-order valence-corrected chi connectivity index (χ2v) is 10.2. The van der Waals surface area contributed by atoms with Crippen LogP contribution in [0.15, 0.2) is 24.3 Å². The van der Waals surface area contributed by atoms with Gasteiger partial charge in [-0.1, -0.05) is 26.0 Å². The van der Waals surface area contributed by atoms with Gasteiger partial charge in [-0.2, -0.15) is 0 Å². The van der Waals surface area contributed by atoms with Crippen molar-refractivity contribution in [2.75, 3.05) is 13.2 Å². The van der Waals surface area contributed by atoms with Gasteiger partial charge >= 0.3 is 12.1 Å². The molecule has 0 aromatic heterocycles. The molecule has 0 saturated heterocycles. The first-order valence-corrected chi connectivity index (χ1v) is 11.0. The summed E-state index contributed by atoms with van der Waals surface area (Å²) in [5.41, 5.74) is -1.05. The molecule has 1 aromatic carbocycles. The molecule has 182 valence electrons. The number of benzene rings is 1. The molecule has 2 rings (SSSR count). The van der Waals surface area contributed by atoms with Gasteiger partial charge in [0.05, 0.1) is 24.3 Å². The average molecular weight is 463 g/mol. The number of imide groups is 1. The second kappa shape index (κ2) is 9.91. The molecule has 0 N–H and O–H groups in total. The number of amides is 3. The first-order valence-electron chi connectivity index (χ1n) is 11.0. The highest BCUT2D eigenvalue weighted by Crippen LogP contribution is 2.24. The average Bonchev–Trinajstić information content (AvgIpc) is 2.89. The maximum absolute atomic E-state index is 13.0. The highest BCUT2D eigenvalue weighted by molar-refractivity contribution is 6.20. The van der Waals surface area contributed by atoms with Gasteiger partial charge in [-0.15, -0.1) is 5.06 Å². The van der Waals surface area contributed by atoms with Crippen LogP contribution in [0.5, 0.6) is 0 Å². The third-order valence-corrected chi connectivity index (χ3v) is 4.55. The van der Waals surface area contributed by atoms with E-state index in [9.17, 15) is 19.2 Å². The molecule has 33 heavy (non-hydrogen) atoms. The van der Waals surface area contributed by atoms with E-state index in [2.05, 4.69) is 0 Å². The fourth-order valence-corrected chi connectivity index (χ4v) is 3.30. The van der Waals surface area contributed by atoms with E-state index in [-0.39, 0.29) is 30.2 Å². The van der Waals surface area contributed by atoms with Gasteiger partial charge in [0.25, 0.3) is 11.8 Å². The molecule has 9 nitrogen and oxygen atoms in total. The monoisotopic (exact) mass is 462 g/mol. The fraction of sp³-hybridized carbons (Fsp3) is 0.583. The first kappa shape index (κ1) is 26.3. The van der Waals surface area contributed by atoms with Crippen molar-refractivity contribution in [3.8, 4) is 0 Å². The van der Waals surface area contributed by atoms with E-state index < -0.39 is 41.1 Å². The number of carbonyl (C=O) groups is 4. The quantitative estimate of drug-likeness (QED) is 0.448.